The molecule has 1 aromatic carbocycles. The summed E-state index contributed by atoms with van der Waals surface area (Å²) in [4.78, 5) is 35.5. The first kappa shape index (κ1) is 11.5. The smallest absolute Gasteiger partial charge is 0.294 e. The Kier molecular flexibility index (Phi) is 3.04. The van der Waals surface area contributed by atoms with Crippen molar-refractivity contribution in [3.63, 3.8) is 0 Å². The molecule has 1 aromatic rings. The van der Waals surface area contributed by atoms with Gasteiger partial charge in [0.2, 0.25) is 5.78 Å². The zero-order valence-electron chi connectivity index (χ0n) is 9.60. The zero-order valence-corrected chi connectivity index (χ0v) is 9.60. The monoisotopic (exact) mass is 231 g/mol. The van der Waals surface area contributed by atoms with E-state index in [4.69, 9.17) is 0 Å². The van der Waals surface area contributed by atoms with Gasteiger partial charge < -0.3 is 4.90 Å². The van der Waals surface area contributed by atoms with Crippen LogP contribution in [0.1, 0.15) is 30.1 Å². The molecule has 1 amide bonds. The third-order valence-electron chi connectivity index (χ3n) is 2.85. The van der Waals surface area contributed by atoms with Crippen molar-refractivity contribution in [2.75, 3.05) is 11.4 Å². The molecule has 1 aliphatic rings. The van der Waals surface area contributed by atoms with Gasteiger partial charge in [0.15, 0.2) is 5.78 Å². The lowest BCUT2D eigenvalue weighted by atomic mass is 10.1. The van der Waals surface area contributed by atoms with Crippen LogP contribution in [0, 0.1) is 0 Å². The van der Waals surface area contributed by atoms with E-state index in [0.717, 1.165) is 0 Å². The molecule has 1 saturated heterocycles. The Labute approximate surface area is 99.2 Å². The van der Waals surface area contributed by atoms with Crippen LogP contribution in [0.3, 0.4) is 0 Å². The van der Waals surface area contributed by atoms with E-state index in [2.05, 4.69) is 0 Å². The van der Waals surface area contributed by atoms with Gasteiger partial charge in [-0.15, -0.1) is 0 Å². The van der Waals surface area contributed by atoms with Gasteiger partial charge in [0, 0.05) is 24.2 Å². The molecular formula is C13H13NO3. The van der Waals surface area contributed by atoms with Crippen LogP contribution < -0.4 is 4.90 Å². The van der Waals surface area contributed by atoms with Crippen LogP contribution in [0.2, 0.25) is 0 Å². The summed E-state index contributed by atoms with van der Waals surface area (Å²) in [6.07, 6.45) is 1.03. The molecular weight excluding hydrogens is 218 g/mol. The van der Waals surface area contributed by atoms with Crippen molar-refractivity contribution < 1.29 is 14.4 Å². The van der Waals surface area contributed by atoms with E-state index in [1.165, 1.54) is 11.8 Å². The average molecular weight is 231 g/mol. The van der Waals surface area contributed by atoms with Gasteiger partial charge in [-0.3, -0.25) is 14.4 Å². The van der Waals surface area contributed by atoms with E-state index in [9.17, 15) is 14.4 Å². The Balaban J connectivity index is 2.25. The highest BCUT2D eigenvalue weighted by Crippen LogP contribution is 2.20. The molecule has 1 fully saturated rings. The minimum absolute atomic E-state index is 0.0161. The number of ketones is 2. The number of Topliss-reactive ketones (excluding diaryl/α,β-unsaturated/α-hetero) is 2. The van der Waals surface area contributed by atoms with Crippen LogP contribution in [-0.4, -0.2) is 24.0 Å². The zero-order chi connectivity index (χ0) is 12.4. The lowest BCUT2D eigenvalue weighted by Gasteiger charge is -2.25. The summed E-state index contributed by atoms with van der Waals surface area (Å²) in [5.41, 5.74) is 1.28. The maximum absolute atomic E-state index is 11.7. The summed E-state index contributed by atoms with van der Waals surface area (Å²) >= 11 is 0. The molecule has 2 rings (SSSR count). The van der Waals surface area contributed by atoms with Gasteiger partial charge >= 0.3 is 0 Å². The summed E-state index contributed by atoms with van der Waals surface area (Å²) in [5, 5.41) is 0. The van der Waals surface area contributed by atoms with Crippen LogP contribution in [-0.2, 0) is 9.59 Å². The summed E-state index contributed by atoms with van der Waals surface area (Å²) in [6.45, 7) is 2.05. The fourth-order valence-electron chi connectivity index (χ4n) is 1.88. The number of benzene rings is 1. The van der Waals surface area contributed by atoms with Crippen LogP contribution in [0.4, 0.5) is 5.69 Å². The molecule has 0 radical (unpaired) electrons. The Morgan fingerprint density at radius 3 is 2.41 bits per heavy atom. The van der Waals surface area contributed by atoms with Crippen LogP contribution in [0.15, 0.2) is 24.3 Å². The maximum Gasteiger partial charge on any atom is 0.294 e. The predicted octanol–water partition coefficient (Wildman–Crippen LogP) is 1.59. The number of hydrogen-bond acceptors (Lipinski definition) is 3. The second-order valence-corrected chi connectivity index (χ2v) is 4.09. The third-order valence-corrected chi connectivity index (χ3v) is 2.85. The fraction of sp³-hybridized carbons (Fsp3) is 0.308. The molecule has 0 unspecified atom stereocenters. The van der Waals surface area contributed by atoms with E-state index < -0.39 is 5.91 Å². The lowest BCUT2D eigenvalue weighted by molar-refractivity contribution is -0.137. The van der Waals surface area contributed by atoms with E-state index in [1.807, 2.05) is 0 Å². The Bertz CT molecular complexity index is 476. The standard InChI is InChI=1S/C13H13NO3/c1-9(15)10-4-6-11(7-5-10)14-8-2-3-12(16)13(14)17/h4-7H,2-3,8H2,1H3. The molecule has 4 heteroatoms. The molecule has 0 aliphatic carbocycles. The summed E-state index contributed by atoms with van der Waals surface area (Å²) in [7, 11) is 0. The topological polar surface area (TPSA) is 54.5 Å². The van der Waals surface area contributed by atoms with Crippen molar-refractivity contribution in [2.45, 2.75) is 19.8 Å². The van der Waals surface area contributed by atoms with Crippen molar-refractivity contribution in [3.05, 3.63) is 29.8 Å². The molecule has 0 aromatic heterocycles. The Morgan fingerprint density at radius 2 is 1.82 bits per heavy atom. The number of hydrogen-bond donors (Lipinski definition) is 0. The molecule has 1 heterocycles. The Morgan fingerprint density at radius 1 is 1.18 bits per heavy atom. The molecule has 0 N–H and O–H groups in total. The van der Waals surface area contributed by atoms with Gasteiger partial charge in [-0.25, -0.2) is 0 Å². The maximum atomic E-state index is 11.7. The van der Waals surface area contributed by atoms with E-state index in [1.54, 1.807) is 24.3 Å². The third kappa shape index (κ3) is 2.25. The van der Waals surface area contributed by atoms with E-state index >= 15 is 0 Å². The minimum atomic E-state index is -0.452. The SMILES string of the molecule is CC(=O)c1ccc(N2CCCC(=O)C2=O)cc1. The molecule has 1 aliphatic heterocycles. The highest BCUT2D eigenvalue weighted by molar-refractivity contribution is 6.41. The largest absolute Gasteiger partial charge is 0.306 e. The molecule has 0 bridgehead atoms. The van der Waals surface area contributed by atoms with Crippen LogP contribution >= 0.6 is 0 Å². The number of carbonyl (C=O) groups is 3. The van der Waals surface area contributed by atoms with Crippen molar-refractivity contribution in [3.8, 4) is 0 Å². The van der Waals surface area contributed by atoms with Crippen molar-refractivity contribution in [1.29, 1.82) is 0 Å². The molecule has 0 spiro atoms. The quantitative estimate of drug-likeness (QED) is 0.573. The number of nitrogens with zero attached hydrogens (tertiary/aromatic N) is 1. The van der Waals surface area contributed by atoms with E-state index in [-0.39, 0.29) is 11.6 Å². The number of rotatable bonds is 2. The number of amides is 1. The van der Waals surface area contributed by atoms with Gasteiger partial charge in [0.05, 0.1) is 0 Å². The molecule has 0 atom stereocenters. The minimum Gasteiger partial charge on any atom is -0.306 e. The van der Waals surface area contributed by atoms with Gasteiger partial charge in [-0.2, -0.15) is 0 Å². The summed E-state index contributed by atoms with van der Waals surface area (Å²) in [5.74, 6) is -0.809. The highest BCUT2D eigenvalue weighted by Gasteiger charge is 2.27. The fourth-order valence-corrected chi connectivity index (χ4v) is 1.88. The first-order valence-corrected chi connectivity index (χ1v) is 5.55. The lowest BCUT2D eigenvalue weighted by Crippen LogP contribution is -2.41. The van der Waals surface area contributed by atoms with Gasteiger partial charge in [0.1, 0.15) is 0 Å². The van der Waals surface area contributed by atoms with Crippen molar-refractivity contribution >= 4 is 23.2 Å². The van der Waals surface area contributed by atoms with Crippen LogP contribution in [0.25, 0.3) is 0 Å². The summed E-state index contributed by atoms with van der Waals surface area (Å²) in [6, 6.07) is 6.74. The second kappa shape index (κ2) is 4.49. The van der Waals surface area contributed by atoms with Crippen LogP contribution in [0.5, 0.6) is 0 Å². The molecule has 4 nitrogen and oxygen atoms in total. The normalized spacial score (nSPS) is 16.2. The molecule has 88 valence electrons. The molecule has 0 saturated carbocycles. The van der Waals surface area contributed by atoms with Gasteiger partial charge in [-0.05, 0) is 37.6 Å². The van der Waals surface area contributed by atoms with Gasteiger partial charge in [0.25, 0.3) is 5.91 Å². The second-order valence-electron chi connectivity index (χ2n) is 4.09. The average Bonchev–Trinajstić information content (AvgIpc) is 2.33. The first-order chi connectivity index (χ1) is 8.09. The van der Waals surface area contributed by atoms with E-state index in [0.29, 0.717) is 30.6 Å². The van der Waals surface area contributed by atoms with Gasteiger partial charge in [-0.1, -0.05) is 0 Å². The highest BCUT2D eigenvalue weighted by atomic mass is 16.2. The number of carbonyl (C=O) groups excluding carboxylic acids is 3. The summed E-state index contributed by atoms with van der Waals surface area (Å²) < 4.78 is 0. The Hall–Kier alpha value is -1.97. The first-order valence-electron chi connectivity index (χ1n) is 5.55. The van der Waals surface area contributed by atoms with Crippen molar-refractivity contribution in [1.82, 2.24) is 0 Å². The number of piperidine rings is 1. The molecule has 17 heavy (non-hydrogen) atoms. The predicted molar refractivity (Wildman–Crippen MR) is 63.0 cm³/mol. The number of anilines is 1. The van der Waals surface area contributed by atoms with Crippen molar-refractivity contribution in [2.24, 2.45) is 0 Å².